The third-order valence-corrected chi connectivity index (χ3v) is 6.89. The molecule has 3 heterocycles. The molecule has 0 N–H and O–H groups in total. The third-order valence-electron chi connectivity index (χ3n) is 5.99. The lowest BCUT2D eigenvalue weighted by molar-refractivity contribution is -0.132. The van der Waals surface area contributed by atoms with Gasteiger partial charge in [-0.25, -0.2) is 4.98 Å². The molecular weight excluding hydrogens is 446 g/mol. The Labute approximate surface area is 203 Å². The molecule has 174 valence electrons. The van der Waals surface area contributed by atoms with Crippen molar-refractivity contribution in [2.75, 3.05) is 26.2 Å². The van der Waals surface area contributed by atoms with Crippen LogP contribution in [0.5, 0.6) is 0 Å². The van der Waals surface area contributed by atoms with Crippen LogP contribution in [0.25, 0.3) is 11.4 Å². The second-order valence-corrected chi connectivity index (χ2v) is 9.55. The second-order valence-electron chi connectivity index (χ2n) is 8.61. The van der Waals surface area contributed by atoms with E-state index in [2.05, 4.69) is 39.1 Å². The summed E-state index contributed by atoms with van der Waals surface area (Å²) in [5.41, 5.74) is 4.24. The van der Waals surface area contributed by atoms with Gasteiger partial charge < -0.3 is 9.42 Å². The van der Waals surface area contributed by atoms with Gasteiger partial charge in [0.05, 0.1) is 23.7 Å². The number of benzene rings is 2. The van der Waals surface area contributed by atoms with Gasteiger partial charge in [-0.2, -0.15) is 4.98 Å². The topological polar surface area (TPSA) is 75.4 Å². The molecule has 4 aromatic rings. The molecule has 0 radical (unpaired) electrons. The Kier molecular flexibility index (Phi) is 6.78. The number of aromatic nitrogens is 3. The Morgan fingerprint density at radius 3 is 2.53 bits per heavy atom. The van der Waals surface area contributed by atoms with Crippen LogP contribution in [-0.4, -0.2) is 57.0 Å². The van der Waals surface area contributed by atoms with Crippen LogP contribution in [-0.2, 0) is 24.2 Å². The molecule has 1 aliphatic rings. The van der Waals surface area contributed by atoms with E-state index in [9.17, 15) is 4.79 Å². The van der Waals surface area contributed by atoms with E-state index in [1.54, 1.807) is 11.3 Å². The average Bonchev–Trinajstić information content (AvgIpc) is 3.50. The number of thiazole rings is 1. The zero-order chi connectivity index (χ0) is 23.3. The Balaban J connectivity index is 1.09. The summed E-state index contributed by atoms with van der Waals surface area (Å²) in [5, 5.41) is 7.17. The molecule has 0 aliphatic carbocycles. The standard InChI is InChI=1S/C26H27N5O2S/c1-19-7-9-21(10-8-19)26-28-23(33-29-26)17-30-11-13-31(14-12-30)25(32)16-22-18-34-24(27-22)15-20-5-3-2-4-6-20/h2-10,18H,11-17H2,1H3. The highest BCUT2D eigenvalue weighted by Gasteiger charge is 2.23. The van der Waals surface area contributed by atoms with Crippen molar-refractivity contribution in [1.82, 2.24) is 24.9 Å². The summed E-state index contributed by atoms with van der Waals surface area (Å²) in [4.78, 5) is 26.2. The van der Waals surface area contributed by atoms with Crippen LogP contribution in [0.1, 0.15) is 27.7 Å². The predicted molar refractivity (Wildman–Crippen MR) is 131 cm³/mol. The summed E-state index contributed by atoms with van der Waals surface area (Å²) in [6.07, 6.45) is 1.16. The number of hydrogen-bond donors (Lipinski definition) is 0. The van der Waals surface area contributed by atoms with E-state index >= 15 is 0 Å². The van der Waals surface area contributed by atoms with Crippen molar-refractivity contribution >= 4 is 17.2 Å². The largest absolute Gasteiger partial charge is 0.340 e. The molecule has 8 heteroatoms. The Morgan fingerprint density at radius 2 is 1.76 bits per heavy atom. The summed E-state index contributed by atoms with van der Waals surface area (Å²) in [6, 6.07) is 18.4. The van der Waals surface area contributed by atoms with E-state index in [1.807, 2.05) is 52.7 Å². The highest BCUT2D eigenvalue weighted by Crippen LogP contribution is 2.18. The summed E-state index contributed by atoms with van der Waals surface area (Å²) in [6.45, 7) is 5.60. The van der Waals surface area contributed by atoms with Crippen LogP contribution in [0.3, 0.4) is 0 Å². The maximum absolute atomic E-state index is 12.8. The smallest absolute Gasteiger partial charge is 0.241 e. The summed E-state index contributed by atoms with van der Waals surface area (Å²) in [7, 11) is 0. The first kappa shape index (κ1) is 22.4. The Bertz CT molecular complexity index is 1230. The first-order valence-corrected chi connectivity index (χ1v) is 12.4. The molecule has 1 saturated heterocycles. The number of aryl methyl sites for hydroxylation is 1. The molecule has 0 bridgehead atoms. The van der Waals surface area contributed by atoms with Gasteiger partial charge in [0.2, 0.25) is 17.6 Å². The fourth-order valence-electron chi connectivity index (χ4n) is 4.03. The van der Waals surface area contributed by atoms with Crippen LogP contribution < -0.4 is 0 Å². The highest BCUT2D eigenvalue weighted by molar-refractivity contribution is 7.09. The molecule has 0 spiro atoms. The zero-order valence-corrected chi connectivity index (χ0v) is 20.0. The summed E-state index contributed by atoms with van der Waals surface area (Å²) < 4.78 is 5.46. The number of amides is 1. The highest BCUT2D eigenvalue weighted by atomic mass is 32.1. The van der Waals surface area contributed by atoms with Crippen molar-refractivity contribution in [2.24, 2.45) is 0 Å². The van der Waals surface area contributed by atoms with Gasteiger partial charge >= 0.3 is 0 Å². The molecule has 2 aromatic carbocycles. The molecule has 1 amide bonds. The number of carbonyl (C=O) groups excluding carboxylic acids is 1. The van der Waals surface area contributed by atoms with Crippen molar-refractivity contribution in [1.29, 1.82) is 0 Å². The minimum Gasteiger partial charge on any atom is -0.340 e. The minimum atomic E-state index is 0.135. The van der Waals surface area contributed by atoms with Crippen molar-refractivity contribution in [3.63, 3.8) is 0 Å². The molecule has 0 unspecified atom stereocenters. The van der Waals surface area contributed by atoms with E-state index in [0.29, 0.717) is 37.8 Å². The van der Waals surface area contributed by atoms with Gasteiger partial charge in [-0.3, -0.25) is 9.69 Å². The molecule has 7 nitrogen and oxygen atoms in total. The SMILES string of the molecule is Cc1ccc(-c2noc(CN3CCN(C(=O)Cc4csc(Cc5ccccc5)n4)CC3)n2)cc1. The van der Waals surface area contributed by atoms with Gasteiger partial charge in [-0.15, -0.1) is 11.3 Å². The van der Waals surface area contributed by atoms with Gasteiger partial charge in [0, 0.05) is 43.5 Å². The van der Waals surface area contributed by atoms with E-state index in [1.165, 1.54) is 11.1 Å². The molecular formula is C26H27N5O2S. The molecule has 0 saturated carbocycles. The van der Waals surface area contributed by atoms with Gasteiger partial charge in [-0.05, 0) is 12.5 Å². The number of piperazine rings is 1. The van der Waals surface area contributed by atoms with E-state index in [-0.39, 0.29) is 5.91 Å². The fourth-order valence-corrected chi connectivity index (χ4v) is 4.86. The predicted octanol–water partition coefficient (Wildman–Crippen LogP) is 3.98. The molecule has 1 aliphatic heterocycles. The second kappa shape index (κ2) is 10.3. The quantitative estimate of drug-likeness (QED) is 0.404. The average molecular weight is 474 g/mol. The monoisotopic (exact) mass is 473 g/mol. The molecule has 2 aromatic heterocycles. The van der Waals surface area contributed by atoms with E-state index in [0.717, 1.165) is 35.8 Å². The lowest BCUT2D eigenvalue weighted by Crippen LogP contribution is -2.48. The van der Waals surface area contributed by atoms with Gasteiger partial charge in [0.25, 0.3) is 0 Å². The van der Waals surface area contributed by atoms with Crippen LogP contribution >= 0.6 is 11.3 Å². The Morgan fingerprint density at radius 1 is 1.00 bits per heavy atom. The summed E-state index contributed by atoms with van der Waals surface area (Å²) >= 11 is 1.62. The van der Waals surface area contributed by atoms with E-state index < -0.39 is 0 Å². The maximum Gasteiger partial charge on any atom is 0.241 e. The van der Waals surface area contributed by atoms with Crippen LogP contribution in [0.2, 0.25) is 0 Å². The van der Waals surface area contributed by atoms with Gasteiger partial charge in [-0.1, -0.05) is 65.3 Å². The first-order valence-electron chi connectivity index (χ1n) is 11.5. The molecule has 1 fully saturated rings. The van der Waals surface area contributed by atoms with Crippen LogP contribution in [0.4, 0.5) is 0 Å². The maximum atomic E-state index is 12.8. The normalized spacial score (nSPS) is 14.4. The number of rotatable bonds is 7. The molecule has 34 heavy (non-hydrogen) atoms. The molecule has 5 rings (SSSR count). The van der Waals surface area contributed by atoms with Crippen molar-refractivity contribution < 1.29 is 9.32 Å². The van der Waals surface area contributed by atoms with Gasteiger partial charge in [0.15, 0.2) is 0 Å². The third kappa shape index (κ3) is 5.58. The first-order chi connectivity index (χ1) is 16.6. The van der Waals surface area contributed by atoms with Gasteiger partial charge in [0.1, 0.15) is 0 Å². The lowest BCUT2D eigenvalue weighted by Gasteiger charge is -2.33. The number of carbonyl (C=O) groups is 1. The van der Waals surface area contributed by atoms with Crippen LogP contribution in [0.15, 0.2) is 64.5 Å². The van der Waals surface area contributed by atoms with E-state index in [4.69, 9.17) is 4.52 Å². The minimum absolute atomic E-state index is 0.135. The zero-order valence-electron chi connectivity index (χ0n) is 19.2. The molecule has 0 atom stereocenters. The number of nitrogens with zero attached hydrogens (tertiary/aromatic N) is 5. The van der Waals surface area contributed by atoms with Crippen molar-refractivity contribution in [3.05, 3.63) is 87.7 Å². The summed E-state index contributed by atoms with van der Waals surface area (Å²) in [5.74, 6) is 1.35. The Hall–Kier alpha value is -3.36. The number of hydrogen-bond acceptors (Lipinski definition) is 7. The van der Waals surface area contributed by atoms with Crippen LogP contribution in [0, 0.1) is 6.92 Å². The van der Waals surface area contributed by atoms with Crippen molar-refractivity contribution in [3.8, 4) is 11.4 Å². The fraction of sp³-hybridized carbons (Fsp3) is 0.308. The lowest BCUT2D eigenvalue weighted by atomic mass is 10.1. The van der Waals surface area contributed by atoms with Crippen molar-refractivity contribution in [2.45, 2.75) is 26.3 Å².